The lowest BCUT2D eigenvalue weighted by molar-refractivity contribution is -0.385. The second-order valence-corrected chi connectivity index (χ2v) is 6.38. The van der Waals surface area contributed by atoms with E-state index in [1.54, 1.807) is 13.0 Å². The molecule has 0 atom stereocenters. The van der Waals surface area contributed by atoms with Crippen LogP contribution in [-0.2, 0) is 4.79 Å². The number of amides is 1. The summed E-state index contributed by atoms with van der Waals surface area (Å²) < 4.78 is 0.615. The van der Waals surface area contributed by atoms with Gasteiger partial charge in [-0.15, -0.1) is 0 Å². The Morgan fingerprint density at radius 1 is 1.40 bits per heavy atom. The summed E-state index contributed by atoms with van der Waals surface area (Å²) in [4.78, 5) is 22.2. The summed E-state index contributed by atoms with van der Waals surface area (Å²) in [6, 6.07) is 2.97. The van der Waals surface area contributed by atoms with Crippen molar-refractivity contribution in [2.75, 3.05) is 11.9 Å². The highest BCUT2D eigenvalue weighted by Crippen LogP contribution is 2.30. The van der Waals surface area contributed by atoms with Crippen LogP contribution in [-0.4, -0.2) is 22.9 Å². The van der Waals surface area contributed by atoms with Crippen LogP contribution in [0.1, 0.15) is 26.3 Å². The standard InChI is InChI=1S/C13H18BrN3O3/c1-8-5-9(14)10(6-11(8)17(19)20)16-12(18)7-15-13(2,3)4/h5-6,15H,7H2,1-4H3,(H,16,18). The SMILES string of the molecule is Cc1cc(Br)c(NC(=O)CNC(C)(C)C)cc1[N+](=O)[O-]. The van der Waals surface area contributed by atoms with Gasteiger partial charge in [0.05, 0.1) is 17.2 Å². The van der Waals surface area contributed by atoms with E-state index in [-0.39, 0.29) is 23.7 Å². The third-order valence-corrected chi connectivity index (χ3v) is 3.19. The van der Waals surface area contributed by atoms with Crippen LogP contribution in [0.25, 0.3) is 0 Å². The normalized spacial score (nSPS) is 11.2. The van der Waals surface area contributed by atoms with E-state index < -0.39 is 4.92 Å². The number of nitrogens with one attached hydrogen (secondary N) is 2. The van der Waals surface area contributed by atoms with E-state index >= 15 is 0 Å². The second kappa shape index (κ2) is 6.32. The topological polar surface area (TPSA) is 84.3 Å². The number of nitro groups is 1. The number of hydrogen-bond donors (Lipinski definition) is 2. The minimum absolute atomic E-state index is 0.0210. The fourth-order valence-corrected chi connectivity index (χ4v) is 2.05. The lowest BCUT2D eigenvalue weighted by Crippen LogP contribution is -2.41. The fourth-order valence-electron chi connectivity index (χ4n) is 1.49. The van der Waals surface area contributed by atoms with Gasteiger partial charge >= 0.3 is 0 Å². The Kier molecular flexibility index (Phi) is 5.24. The molecule has 1 aromatic carbocycles. The molecular formula is C13H18BrN3O3. The average molecular weight is 344 g/mol. The van der Waals surface area contributed by atoms with Crippen LogP contribution in [0.4, 0.5) is 11.4 Å². The van der Waals surface area contributed by atoms with Gasteiger partial charge in [-0.2, -0.15) is 0 Å². The molecule has 2 N–H and O–H groups in total. The molecular weight excluding hydrogens is 326 g/mol. The maximum absolute atomic E-state index is 11.8. The molecule has 110 valence electrons. The van der Waals surface area contributed by atoms with Crippen LogP contribution < -0.4 is 10.6 Å². The van der Waals surface area contributed by atoms with Gasteiger partial charge in [-0.1, -0.05) is 0 Å². The molecule has 0 aliphatic heterocycles. The van der Waals surface area contributed by atoms with Gasteiger partial charge in [0.1, 0.15) is 0 Å². The lowest BCUT2D eigenvalue weighted by Gasteiger charge is -2.20. The number of benzene rings is 1. The summed E-state index contributed by atoms with van der Waals surface area (Å²) in [5.41, 5.74) is 0.733. The Bertz CT molecular complexity index is 538. The van der Waals surface area contributed by atoms with Gasteiger partial charge < -0.3 is 10.6 Å². The van der Waals surface area contributed by atoms with Crippen LogP contribution in [0, 0.1) is 17.0 Å². The Morgan fingerprint density at radius 2 is 2.00 bits per heavy atom. The smallest absolute Gasteiger partial charge is 0.274 e. The number of nitro benzene ring substituents is 1. The Morgan fingerprint density at radius 3 is 2.50 bits per heavy atom. The first-order valence-corrected chi connectivity index (χ1v) is 6.89. The van der Waals surface area contributed by atoms with Crippen LogP contribution in [0.15, 0.2) is 16.6 Å². The highest BCUT2D eigenvalue weighted by molar-refractivity contribution is 9.10. The molecule has 0 aliphatic carbocycles. The van der Waals surface area contributed by atoms with E-state index in [2.05, 4.69) is 26.6 Å². The van der Waals surface area contributed by atoms with E-state index in [0.717, 1.165) is 0 Å². The zero-order valence-electron chi connectivity index (χ0n) is 11.9. The third-order valence-electron chi connectivity index (χ3n) is 2.54. The third kappa shape index (κ3) is 4.90. The number of carbonyl (C=O) groups excluding carboxylic acids is 1. The molecule has 0 aromatic heterocycles. The number of rotatable bonds is 4. The van der Waals surface area contributed by atoms with Crippen molar-refractivity contribution >= 4 is 33.2 Å². The predicted octanol–water partition coefficient (Wildman–Crippen LogP) is 2.99. The molecule has 0 aliphatic rings. The van der Waals surface area contributed by atoms with Crippen molar-refractivity contribution in [3.63, 3.8) is 0 Å². The van der Waals surface area contributed by atoms with Crippen molar-refractivity contribution in [2.45, 2.75) is 33.2 Å². The summed E-state index contributed by atoms with van der Waals surface area (Å²) in [6.07, 6.45) is 0. The van der Waals surface area contributed by atoms with E-state index in [1.807, 2.05) is 20.8 Å². The largest absolute Gasteiger partial charge is 0.324 e. The van der Waals surface area contributed by atoms with Crippen LogP contribution >= 0.6 is 15.9 Å². The molecule has 0 saturated carbocycles. The Labute approximate surface area is 126 Å². The fraction of sp³-hybridized carbons (Fsp3) is 0.462. The van der Waals surface area contributed by atoms with E-state index in [0.29, 0.717) is 15.7 Å². The highest BCUT2D eigenvalue weighted by atomic mass is 79.9. The number of hydrogen-bond acceptors (Lipinski definition) is 4. The van der Waals surface area contributed by atoms with E-state index in [4.69, 9.17) is 0 Å². The van der Waals surface area contributed by atoms with Gasteiger partial charge in [0, 0.05) is 21.6 Å². The molecule has 1 amide bonds. The first kappa shape index (κ1) is 16.6. The minimum atomic E-state index is -0.467. The molecule has 1 rings (SSSR count). The van der Waals surface area contributed by atoms with Gasteiger partial charge in [-0.3, -0.25) is 14.9 Å². The van der Waals surface area contributed by atoms with Crippen molar-refractivity contribution in [2.24, 2.45) is 0 Å². The van der Waals surface area contributed by atoms with Crippen molar-refractivity contribution in [3.05, 3.63) is 32.3 Å². The first-order valence-electron chi connectivity index (χ1n) is 6.09. The van der Waals surface area contributed by atoms with Gasteiger partial charge in [-0.25, -0.2) is 0 Å². The summed E-state index contributed by atoms with van der Waals surface area (Å²) in [5.74, 6) is -0.251. The molecule has 0 fully saturated rings. The van der Waals surface area contributed by atoms with Crippen LogP contribution in [0.2, 0.25) is 0 Å². The molecule has 0 bridgehead atoms. The number of anilines is 1. The summed E-state index contributed by atoms with van der Waals surface area (Å²) in [6.45, 7) is 7.64. The van der Waals surface area contributed by atoms with Gasteiger partial charge in [0.25, 0.3) is 5.69 Å². The highest BCUT2D eigenvalue weighted by Gasteiger charge is 2.17. The summed E-state index contributed by atoms with van der Waals surface area (Å²) in [5, 5.41) is 16.6. The molecule has 0 radical (unpaired) electrons. The predicted molar refractivity (Wildman–Crippen MR) is 81.9 cm³/mol. The zero-order valence-corrected chi connectivity index (χ0v) is 13.5. The second-order valence-electron chi connectivity index (χ2n) is 5.53. The molecule has 0 spiro atoms. The van der Waals surface area contributed by atoms with Crippen molar-refractivity contribution in [3.8, 4) is 0 Å². The van der Waals surface area contributed by atoms with Crippen molar-refractivity contribution in [1.29, 1.82) is 0 Å². The number of aryl methyl sites for hydroxylation is 1. The molecule has 7 heteroatoms. The van der Waals surface area contributed by atoms with Crippen molar-refractivity contribution < 1.29 is 9.72 Å². The van der Waals surface area contributed by atoms with E-state index in [9.17, 15) is 14.9 Å². The Hall–Kier alpha value is -1.47. The molecule has 20 heavy (non-hydrogen) atoms. The molecule has 0 heterocycles. The minimum Gasteiger partial charge on any atom is -0.324 e. The molecule has 0 unspecified atom stereocenters. The quantitative estimate of drug-likeness (QED) is 0.650. The number of halogens is 1. The average Bonchev–Trinajstić information content (AvgIpc) is 2.28. The van der Waals surface area contributed by atoms with E-state index in [1.165, 1.54) is 6.07 Å². The number of carbonyl (C=O) groups is 1. The zero-order chi connectivity index (χ0) is 15.5. The van der Waals surface area contributed by atoms with Crippen molar-refractivity contribution in [1.82, 2.24) is 5.32 Å². The van der Waals surface area contributed by atoms with Gasteiger partial charge in [0.15, 0.2) is 0 Å². The molecule has 1 aromatic rings. The maximum atomic E-state index is 11.8. The van der Waals surface area contributed by atoms with Crippen LogP contribution in [0.3, 0.4) is 0 Å². The first-order chi connectivity index (χ1) is 9.10. The summed E-state index contributed by atoms with van der Waals surface area (Å²) >= 11 is 3.29. The monoisotopic (exact) mass is 343 g/mol. The number of nitrogens with zero attached hydrogens (tertiary/aromatic N) is 1. The van der Waals surface area contributed by atoms with Gasteiger partial charge in [-0.05, 0) is 49.7 Å². The lowest BCUT2D eigenvalue weighted by atomic mass is 10.1. The maximum Gasteiger partial charge on any atom is 0.274 e. The Balaban J connectivity index is 2.85. The summed E-state index contributed by atoms with van der Waals surface area (Å²) in [7, 11) is 0. The van der Waals surface area contributed by atoms with Gasteiger partial charge in [0.2, 0.25) is 5.91 Å². The van der Waals surface area contributed by atoms with Crippen LogP contribution in [0.5, 0.6) is 0 Å². The molecule has 6 nitrogen and oxygen atoms in total. The molecule has 0 saturated heterocycles.